The van der Waals surface area contributed by atoms with E-state index < -0.39 is 9.84 Å². The van der Waals surface area contributed by atoms with Crippen LogP contribution in [-0.2, 0) is 9.84 Å². The molecule has 0 saturated heterocycles. The first kappa shape index (κ1) is 15.0. The quantitative estimate of drug-likeness (QED) is 0.776. The summed E-state index contributed by atoms with van der Waals surface area (Å²) in [4.78, 5) is 7.54. The van der Waals surface area contributed by atoms with E-state index in [1.54, 1.807) is 18.2 Å². The summed E-state index contributed by atoms with van der Waals surface area (Å²) < 4.78 is 38.6. The molecule has 112 valence electrons. The zero-order valence-corrected chi connectivity index (χ0v) is 12.5. The molecule has 0 atom stereocenters. The number of nitrogens with zero attached hydrogens (tertiary/aromatic N) is 2. The van der Waals surface area contributed by atoms with Gasteiger partial charge in [-0.1, -0.05) is 0 Å². The normalized spacial score (nSPS) is 11.0. The fraction of sp³-hybridized carbons (Fsp3) is 0.231. The number of hydrogen-bond donors (Lipinski definition) is 0. The van der Waals surface area contributed by atoms with Gasteiger partial charge >= 0.3 is 0 Å². The van der Waals surface area contributed by atoms with Crippen molar-refractivity contribution in [3.8, 4) is 23.1 Å². The molecule has 0 radical (unpaired) electrons. The number of benzene rings is 1. The molecule has 0 aliphatic carbocycles. The third-order valence-electron chi connectivity index (χ3n) is 2.49. The van der Waals surface area contributed by atoms with Crippen LogP contribution in [0.2, 0.25) is 0 Å². The average Bonchev–Trinajstić information content (AvgIpc) is 2.46. The van der Waals surface area contributed by atoms with E-state index >= 15 is 0 Å². The highest BCUT2D eigenvalue weighted by Crippen LogP contribution is 2.30. The van der Waals surface area contributed by atoms with Gasteiger partial charge in [0.1, 0.15) is 17.2 Å². The summed E-state index contributed by atoms with van der Waals surface area (Å²) >= 11 is 0. The number of hydrogen-bond acceptors (Lipinski definition) is 7. The molecule has 8 heteroatoms. The minimum atomic E-state index is -3.49. The third-order valence-corrected chi connectivity index (χ3v) is 3.35. The topological polar surface area (TPSA) is 87.6 Å². The Balaban J connectivity index is 2.34. The Kier molecular flexibility index (Phi) is 4.27. The highest BCUT2D eigenvalue weighted by molar-refractivity contribution is 7.90. The zero-order chi connectivity index (χ0) is 15.5. The summed E-state index contributed by atoms with van der Waals surface area (Å²) in [7, 11) is -0.457. The Morgan fingerprint density at radius 1 is 1.00 bits per heavy atom. The first-order chi connectivity index (χ1) is 9.92. The molecule has 0 N–H and O–H groups in total. The molecule has 0 amide bonds. The summed E-state index contributed by atoms with van der Waals surface area (Å²) in [5, 5.41) is -0.296. The predicted molar refractivity (Wildman–Crippen MR) is 74.8 cm³/mol. The minimum Gasteiger partial charge on any atom is -0.496 e. The van der Waals surface area contributed by atoms with Crippen molar-refractivity contribution in [2.45, 2.75) is 5.16 Å². The van der Waals surface area contributed by atoms with Crippen LogP contribution in [0.3, 0.4) is 0 Å². The molecule has 7 nitrogen and oxygen atoms in total. The standard InChI is InChI=1S/C13H14N2O5S/c1-18-9-6-10(19-2)8-11(7-9)20-12-4-5-14-13(15-12)21(3,16)17/h4-8H,1-3H3. The Labute approximate surface area is 122 Å². The van der Waals surface area contributed by atoms with E-state index in [9.17, 15) is 8.42 Å². The lowest BCUT2D eigenvalue weighted by Crippen LogP contribution is -2.04. The van der Waals surface area contributed by atoms with Gasteiger partial charge in [0.05, 0.1) is 14.2 Å². The molecular weight excluding hydrogens is 296 g/mol. The minimum absolute atomic E-state index is 0.112. The molecular formula is C13H14N2O5S. The molecule has 1 heterocycles. The fourth-order valence-electron chi connectivity index (χ4n) is 1.52. The smallest absolute Gasteiger partial charge is 0.250 e. The molecule has 0 aliphatic rings. The summed E-state index contributed by atoms with van der Waals surface area (Å²) in [6.45, 7) is 0. The molecule has 1 aromatic carbocycles. The summed E-state index contributed by atoms with van der Waals surface area (Å²) in [5.74, 6) is 1.61. The van der Waals surface area contributed by atoms with Crippen LogP contribution in [0.1, 0.15) is 0 Å². The SMILES string of the molecule is COc1cc(OC)cc(Oc2ccnc(S(C)(=O)=O)n2)c1. The first-order valence-electron chi connectivity index (χ1n) is 5.86. The molecule has 2 aromatic rings. The zero-order valence-electron chi connectivity index (χ0n) is 11.7. The van der Waals surface area contributed by atoms with Crippen LogP contribution in [0.4, 0.5) is 0 Å². The van der Waals surface area contributed by atoms with Gasteiger partial charge in [-0.05, 0) is 0 Å². The van der Waals surface area contributed by atoms with Gasteiger partial charge in [0, 0.05) is 36.7 Å². The van der Waals surface area contributed by atoms with E-state index in [1.165, 1.54) is 26.5 Å². The van der Waals surface area contributed by atoms with Crippen molar-refractivity contribution in [2.24, 2.45) is 0 Å². The fourth-order valence-corrected chi connectivity index (χ4v) is 2.03. The molecule has 0 bridgehead atoms. The maximum Gasteiger partial charge on any atom is 0.250 e. The highest BCUT2D eigenvalue weighted by Gasteiger charge is 2.12. The van der Waals surface area contributed by atoms with Crippen LogP contribution in [0.5, 0.6) is 23.1 Å². The second-order valence-corrected chi connectivity index (χ2v) is 6.01. The summed E-state index contributed by atoms with van der Waals surface area (Å²) in [6.07, 6.45) is 2.34. The highest BCUT2D eigenvalue weighted by atomic mass is 32.2. The Hall–Kier alpha value is -2.35. The van der Waals surface area contributed by atoms with Gasteiger partial charge in [-0.25, -0.2) is 13.4 Å². The van der Waals surface area contributed by atoms with E-state index in [1.807, 2.05) is 0 Å². The van der Waals surface area contributed by atoms with Gasteiger partial charge in [-0.15, -0.1) is 0 Å². The van der Waals surface area contributed by atoms with Crippen molar-refractivity contribution in [1.82, 2.24) is 9.97 Å². The molecule has 0 fully saturated rings. The van der Waals surface area contributed by atoms with E-state index in [0.29, 0.717) is 17.2 Å². The molecule has 2 rings (SSSR count). The molecule has 0 spiro atoms. The van der Waals surface area contributed by atoms with Gasteiger partial charge < -0.3 is 14.2 Å². The Bertz CT molecular complexity index is 724. The van der Waals surface area contributed by atoms with Gasteiger partial charge in [0.25, 0.3) is 0 Å². The van der Waals surface area contributed by atoms with Crippen molar-refractivity contribution in [1.29, 1.82) is 0 Å². The third kappa shape index (κ3) is 3.82. The molecule has 0 saturated carbocycles. The molecule has 0 aliphatic heterocycles. The van der Waals surface area contributed by atoms with Crippen molar-refractivity contribution >= 4 is 9.84 Å². The largest absolute Gasteiger partial charge is 0.496 e. The van der Waals surface area contributed by atoms with Gasteiger partial charge in [0.2, 0.25) is 20.9 Å². The van der Waals surface area contributed by atoms with E-state index in [4.69, 9.17) is 14.2 Å². The van der Waals surface area contributed by atoms with Crippen molar-refractivity contribution in [3.63, 3.8) is 0 Å². The predicted octanol–water partition coefficient (Wildman–Crippen LogP) is 1.69. The van der Waals surface area contributed by atoms with Crippen LogP contribution in [0, 0.1) is 0 Å². The molecule has 0 unspecified atom stereocenters. The number of aromatic nitrogens is 2. The maximum absolute atomic E-state index is 11.4. The van der Waals surface area contributed by atoms with Crippen molar-refractivity contribution in [2.75, 3.05) is 20.5 Å². The van der Waals surface area contributed by atoms with Crippen LogP contribution >= 0.6 is 0 Å². The second kappa shape index (κ2) is 5.96. The van der Waals surface area contributed by atoms with Gasteiger partial charge in [-0.2, -0.15) is 4.98 Å². The lowest BCUT2D eigenvalue weighted by atomic mass is 10.3. The lowest BCUT2D eigenvalue weighted by Gasteiger charge is -2.09. The van der Waals surface area contributed by atoms with Gasteiger partial charge in [-0.3, -0.25) is 0 Å². The van der Waals surface area contributed by atoms with Crippen LogP contribution in [0.15, 0.2) is 35.6 Å². The molecule has 1 aromatic heterocycles. The van der Waals surface area contributed by atoms with Gasteiger partial charge in [0.15, 0.2) is 0 Å². The second-order valence-electron chi connectivity index (χ2n) is 4.10. The number of sulfone groups is 1. The number of ether oxygens (including phenoxy) is 3. The lowest BCUT2D eigenvalue weighted by molar-refractivity contribution is 0.384. The Morgan fingerprint density at radius 2 is 1.57 bits per heavy atom. The van der Waals surface area contributed by atoms with E-state index in [2.05, 4.69) is 9.97 Å². The summed E-state index contributed by atoms with van der Waals surface area (Å²) in [5.41, 5.74) is 0. The van der Waals surface area contributed by atoms with Crippen LogP contribution in [-0.4, -0.2) is 38.9 Å². The summed E-state index contributed by atoms with van der Waals surface area (Å²) in [6, 6.07) is 6.41. The maximum atomic E-state index is 11.4. The molecule has 21 heavy (non-hydrogen) atoms. The van der Waals surface area contributed by atoms with Crippen molar-refractivity contribution < 1.29 is 22.6 Å². The average molecular weight is 310 g/mol. The number of methoxy groups -OCH3 is 2. The number of rotatable bonds is 5. The van der Waals surface area contributed by atoms with E-state index in [0.717, 1.165) is 6.26 Å². The first-order valence-corrected chi connectivity index (χ1v) is 7.75. The van der Waals surface area contributed by atoms with E-state index in [-0.39, 0.29) is 11.0 Å². The van der Waals surface area contributed by atoms with Crippen LogP contribution in [0.25, 0.3) is 0 Å². The van der Waals surface area contributed by atoms with Crippen LogP contribution < -0.4 is 14.2 Å². The van der Waals surface area contributed by atoms with Crippen molar-refractivity contribution in [3.05, 3.63) is 30.5 Å². The monoisotopic (exact) mass is 310 g/mol. The Morgan fingerprint density at radius 3 is 2.10 bits per heavy atom.